The molecule has 0 spiro atoms. The summed E-state index contributed by atoms with van der Waals surface area (Å²) in [6.45, 7) is 0. The predicted molar refractivity (Wildman–Crippen MR) is 45.4 cm³/mol. The van der Waals surface area contributed by atoms with Crippen LogP contribution in [0.2, 0.25) is 0 Å². The van der Waals surface area contributed by atoms with E-state index in [9.17, 15) is 0 Å². The summed E-state index contributed by atoms with van der Waals surface area (Å²) in [5.74, 6) is 0.275. The molecule has 0 fully saturated rings. The van der Waals surface area contributed by atoms with E-state index in [0.29, 0.717) is 0 Å². The largest absolute Gasteiger partial charge is 0.198 e. The van der Waals surface area contributed by atoms with Crippen molar-refractivity contribution in [1.29, 1.82) is 5.26 Å². The molecule has 0 bridgehead atoms. The van der Waals surface area contributed by atoms with Crippen molar-refractivity contribution in [3.8, 4) is 6.07 Å². The van der Waals surface area contributed by atoms with Crippen molar-refractivity contribution in [3.05, 3.63) is 21.9 Å². The molecule has 1 unspecified atom stereocenters. The standard InChI is InChI=1S/C9H9NS/c10-4-7-1-2-8-5-11-6-9(8)3-7/h5-7H,1-3H2. The molecule has 2 heteroatoms. The maximum atomic E-state index is 8.71. The number of nitrogens with zero attached hydrogens (tertiary/aromatic N) is 1. The van der Waals surface area contributed by atoms with Gasteiger partial charge in [-0.2, -0.15) is 16.6 Å². The van der Waals surface area contributed by atoms with E-state index in [1.165, 1.54) is 11.1 Å². The van der Waals surface area contributed by atoms with E-state index >= 15 is 0 Å². The zero-order valence-electron chi connectivity index (χ0n) is 6.21. The second-order valence-corrected chi connectivity index (χ2v) is 3.73. The fourth-order valence-corrected chi connectivity index (χ4v) is 2.47. The number of thiophene rings is 1. The number of aryl methyl sites for hydroxylation is 1. The van der Waals surface area contributed by atoms with Gasteiger partial charge in [0.1, 0.15) is 0 Å². The van der Waals surface area contributed by atoms with Gasteiger partial charge in [0.25, 0.3) is 0 Å². The Morgan fingerprint density at radius 2 is 2.27 bits per heavy atom. The summed E-state index contributed by atoms with van der Waals surface area (Å²) in [5.41, 5.74) is 2.88. The fraction of sp³-hybridized carbons (Fsp3) is 0.444. The van der Waals surface area contributed by atoms with Crippen molar-refractivity contribution < 1.29 is 0 Å². The molecule has 0 aliphatic heterocycles. The van der Waals surface area contributed by atoms with E-state index in [4.69, 9.17) is 5.26 Å². The van der Waals surface area contributed by atoms with Crippen LogP contribution in [0.3, 0.4) is 0 Å². The first-order valence-electron chi connectivity index (χ1n) is 3.83. The minimum atomic E-state index is 0.275. The van der Waals surface area contributed by atoms with Crippen LogP contribution in [0.4, 0.5) is 0 Å². The van der Waals surface area contributed by atoms with Gasteiger partial charge in [0.05, 0.1) is 12.0 Å². The second kappa shape index (κ2) is 2.67. The lowest BCUT2D eigenvalue weighted by Crippen LogP contribution is -2.10. The van der Waals surface area contributed by atoms with Crippen molar-refractivity contribution >= 4 is 11.3 Å². The van der Waals surface area contributed by atoms with Crippen molar-refractivity contribution in [3.63, 3.8) is 0 Å². The van der Waals surface area contributed by atoms with Gasteiger partial charge in [0, 0.05) is 0 Å². The van der Waals surface area contributed by atoms with Crippen LogP contribution in [0, 0.1) is 17.2 Å². The Labute approximate surface area is 70.3 Å². The van der Waals surface area contributed by atoms with Gasteiger partial charge in [-0.05, 0) is 41.1 Å². The highest BCUT2D eigenvalue weighted by molar-refractivity contribution is 7.08. The number of fused-ring (bicyclic) bond motifs is 1. The normalized spacial score (nSPS) is 22.3. The molecular formula is C9H9NS. The third-order valence-corrected chi connectivity index (χ3v) is 3.09. The molecule has 11 heavy (non-hydrogen) atoms. The molecule has 1 aliphatic rings. The Kier molecular flexibility index (Phi) is 1.67. The lowest BCUT2D eigenvalue weighted by molar-refractivity contribution is 0.567. The van der Waals surface area contributed by atoms with Crippen molar-refractivity contribution in [2.24, 2.45) is 5.92 Å². The van der Waals surface area contributed by atoms with Crippen LogP contribution in [-0.4, -0.2) is 0 Å². The van der Waals surface area contributed by atoms with Gasteiger partial charge in [0.15, 0.2) is 0 Å². The Hall–Kier alpha value is -0.810. The quantitative estimate of drug-likeness (QED) is 0.576. The Morgan fingerprint density at radius 3 is 3.09 bits per heavy atom. The summed E-state index contributed by atoms with van der Waals surface area (Å²) in [4.78, 5) is 0. The van der Waals surface area contributed by atoms with Crippen molar-refractivity contribution in [2.45, 2.75) is 19.3 Å². The molecule has 1 aromatic rings. The van der Waals surface area contributed by atoms with Crippen LogP contribution in [0.15, 0.2) is 10.8 Å². The monoisotopic (exact) mass is 163 g/mol. The molecular weight excluding hydrogens is 154 g/mol. The molecule has 0 radical (unpaired) electrons. The molecule has 2 rings (SSSR count). The van der Waals surface area contributed by atoms with E-state index < -0.39 is 0 Å². The summed E-state index contributed by atoms with van der Waals surface area (Å²) in [5, 5.41) is 13.1. The fourth-order valence-electron chi connectivity index (χ4n) is 1.56. The van der Waals surface area contributed by atoms with Crippen LogP contribution < -0.4 is 0 Å². The molecule has 1 aliphatic carbocycles. The van der Waals surface area contributed by atoms with E-state index in [2.05, 4.69) is 16.8 Å². The summed E-state index contributed by atoms with van der Waals surface area (Å²) in [7, 11) is 0. The first kappa shape index (κ1) is 6.87. The lowest BCUT2D eigenvalue weighted by Gasteiger charge is -2.15. The summed E-state index contributed by atoms with van der Waals surface area (Å²) in [6, 6.07) is 2.34. The highest BCUT2D eigenvalue weighted by Crippen LogP contribution is 2.27. The minimum Gasteiger partial charge on any atom is -0.198 e. The Morgan fingerprint density at radius 1 is 1.45 bits per heavy atom. The summed E-state index contributed by atoms with van der Waals surface area (Å²) in [6.07, 6.45) is 3.15. The zero-order chi connectivity index (χ0) is 7.68. The van der Waals surface area contributed by atoms with Gasteiger partial charge >= 0.3 is 0 Å². The molecule has 0 aromatic carbocycles. The molecule has 0 saturated heterocycles. The van der Waals surface area contributed by atoms with Crippen LogP contribution in [0.1, 0.15) is 17.5 Å². The smallest absolute Gasteiger partial charge is 0.0659 e. The van der Waals surface area contributed by atoms with Crippen LogP contribution >= 0.6 is 11.3 Å². The maximum Gasteiger partial charge on any atom is 0.0659 e. The van der Waals surface area contributed by atoms with Crippen molar-refractivity contribution in [1.82, 2.24) is 0 Å². The molecule has 1 atom stereocenters. The van der Waals surface area contributed by atoms with E-state index in [1.54, 1.807) is 11.3 Å². The molecule has 56 valence electrons. The summed E-state index contributed by atoms with van der Waals surface area (Å²) >= 11 is 1.76. The molecule has 1 nitrogen and oxygen atoms in total. The SMILES string of the molecule is N#CC1CCc2cscc2C1. The molecule has 0 N–H and O–H groups in total. The van der Waals surface area contributed by atoms with Gasteiger partial charge in [-0.3, -0.25) is 0 Å². The average Bonchev–Trinajstić information content (AvgIpc) is 2.50. The number of rotatable bonds is 0. The van der Waals surface area contributed by atoms with Gasteiger partial charge in [-0.25, -0.2) is 0 Å². The zero-order valence-corrected chi connectivity index (χ0v) is 7.03. The second-order valence-electron chi connectivity index (χ2n) is 2.99. The van der Waals surface area contributed by atoms with Crippen molar-refractivity contribution in [2.75, 3.05) is 0 Å². The first-order valence-corrected chi connectivity index (χ1v) is 4.78. The van der Waals surface area contributed by atoms with Crippen LogP contribution in [0.5, 0.6) is 0 Å². The number of nitriles is 1. The highest BCUT2D eigenvalue weighted by Gasteiger charge is 2.17. The number of hydrogen-bond acceptors (Lipinski definition) is 2. The van der Waals surface area contributed by atoms with Gasteiger partial charge in [0.2, 0.25) is 0 Å². The topological polar surface area (TPSA) is 23.8 Å². The Bertz CT molecular complexity index is 295. The molecule has 0 saturated carbocycles. The van der Waals surface area contributed by atoms with Gasteiger partial charge in [-0.1, -0.05) is 0 Å². The van der Waals surface area contributed by atoms with Crippen LogP contribution in [0.25, 0.3) is 0 Å². The highest BCUT2D eigenvalue weighted by atomic mass is 32.1. The third kappa shape index (κ3) is 1.17. The van der Waals surface area contributed by atoms with E-state index in [0.717, 1.165) is 19.3 Å². The van der Waals surface area contributed by atoms with Gasteiger partial charge < -0.3 is 0 Å². The molecule has 0 amide bonds. The Balaban J connectivity index is 2.26. The lowest BCUT2D eigenvalue weighted by atomic mass is 9.87. The maximum absolute atomic E-state index is 8.71. The molecule has 1 heterocycles. The van der Waals surface area contributed by atoms with E-state index in [1.807, 2.05) is 0 Å². The van der Waals surface area contributed by atoms with Gasteiger partial charge in [-0.15, -0.1) is 0 Å². The average molecular weight is 163 g/mol. The number of hydrogen-bond donors (Lipinski definition) is 0. The molecule has 1 aromatic heterocycles. The van der Waals surface area contributed by atoms with E-state index in [-0.39, 0.29) is 5.92 Å². The summed E-state index contributed by atoms with van der Waals surface area (Å²) < 4.78 is 0. The van der Waals surface area contributed by atoms with Crippen LogP contribution in [-0.2, 0) is 12.8 Å². The predicted octanol–water partition coefficient (Wildman–Crippen LogP) is 2.38. The first-order chi connectivity index (χ1) is 5.40. The third-order valence-electron chi connectivity index (χ3n) is 2.24. The minimum absolute atomic E-state index is 0.275.